The lowest BCUT2D eigenvalue weighted by atomic mass is 9.92. The Bertz CT molecular complexity index is 1570. The van der Waals surface area contributed by atoms with Crippen molar-refractivity contribution in [3.8, 4) is 22.4 Å². The highest BCUT2D eigenvalue weighted by atomic mass is 35.5. The van der Waals surface area contributed by atoms with Crippen molar-refractivity contribution in [2.75, 3.05) is 5.73 Å². The molecule has 0 aliphatic rings. The lowest BCUT2D eigenvalue weighted by Gasteiger charge is -2.15. The molecule has 9 heteroatoms. The van der Waals surface area contributed by atoms with Crippen LogP contribution in [-0.4, -0.2) is 25.2 Å². The van der Waals surface area contributed by atoms with Crippen molar-refractivity contribution in [1.82, 2.24) is 19.3 Å². The highest BCUT2D eigenvalue weighted by Gasteiger charge is 2.26. The molecule has 160 valence electrons. The van der Waals surface area contributed by atoms with E-state index in [-0.39, 0.29) is 17.1 Å². The molecular formula is C23H18ClFN6O. The number of fused-ring (bicyclic) bond motifs is 2. The zero-order chi connectivity index (χ0) is 22.7. The van der Waals surface area contributed by atoms with Crippen LogP contribution in [0.5, 0.6) is 0 Å². The fraction of sp³-hybridized carbons (Fsp3) is 0.0870. The van der Waals surface area contributed by atoms with Crippen LogP contribution in [-0.2, 0) is 14.1 Å². The normalized spacial score (nSPS) is 11.5. The molecule has 3 aromatic carbocycles. The molecule has 0 atom stereocenters. The zero-order valence-corrected chi connectivity index (χ0v) is 18.0. The van der Waals surface area contributed by atoms with E-state index in [1.54, 1.807) is 61.3 Å². The minimum absolute atomic E-state index is 0.0817. The van der Waals surface area contributed by atoms with Crippen LogP contribution in [0.15, 0.2) is 48.7 Å². The lowest BCUT2D eigenvalue weighted by Crippen LogP contribution is -2.15. The number of carbonyl (C=O) groups is 1. The van der Waals surface area contributed by atoms with Crippen LogP contribution < -0.4 is 11.5 Å². The average Bonchev–Trinajstić information content (AvgIpc) is 3.27. The maximum absolute atomic E-state index is 15.5. The van der Waals surface area contributed by atoms with Gasteiger partial charge in [-0.3, -0.25) is 9.48 Å². The van der Waals surface area contributed by atoms with Gasteiger partial charge in [-0.25, -0.2) is 9.37 Å². The molecule has 32 heavy (non-hydrogen) atoms. The number of halogens is 2. The van der Waals surface area contributed by atoms with Crippen LogP contribution in [0.1, 0.15) is 10.4 Å². The van der Waals surface area contributed by atoms with E-state index < -0.39 is 11.7 Å². The van der Waals surface area contributed by atoms with Gasteiger partial charge in [-0.1, -0.05) is 41.9 Å². The number of amides is 1. The highest BCUT2D eigenvalue weighted by Crippen LogP contribution is 2.41. The third-order valence-corrected chi connectivity index (χ3v) is 6.03. The van der Waals surface area contributed by atoms with Crippen molar-refractivity contribution >= 4 is 45.3 Å². The summed E-state index contributed by atoms with van der Waals surface area (Å²) >= 11 is 6.40. The topological polar surface area (TPSA) is 105 Å². The number of hydrogen-bond acceptors (Lipinski definition) is 4. The predicted octanol–water partition coefficient (Wildman–Crippen LogP) is 4.27. The number of benzene rings is 3. The first-order valence-electron chi connectivity index (χ1n) is 9.73. The number of nitrogens with zero attached hydrogens (tertiary/aromatic N) is 4. The number of carbonyl (C=O) groups excluding carboxylic acids is 1. The van der Waals surface area contributed by atoms with E-state index in [2.05, 4.69) is 10.1 Å². The molecule has 5 rings (SSSR count). The summed E-state index contributed by atoms with van der Waals surface area (Å²) < 4.78 is 18.7. The van der Waals surface area contributed by atoms with Gasteiger partial charge in [-0.15, -0.1) is 0 Å². The first-order chi connectivity index (χ1) is 15.3. The molecule has 0 saturated heterocycles. The van der Waals surface area contributed by atoms with Gasteiger partial charge in [0.1, 0.15) is 11.3 Å². The van der Waals surface area contributed by atoms with Crippen LogP contribution in [0, 0.1) is 5.82 Å². The molecule has 4 N–H and O–H groups in total. The summed E-state index contributed by atoms with van der Waals surface area (Å²) in [5.74, 6) is -1.02. The Morgan fingerprint density at radius 2 is 1.88 bits per heavy atom. The molecule has 0 bridgehead atoms. The third-order valence-electron chi connectivity index (χ3n) is 5.72. The third kappa shape index (κ3) is 2.76. The fourth-order valence-corrected chi connectivity index (χ4v) is 4.52. The van der Waals surface area contributed by atoms with Crippen molar-refractivity contribution in [2.24, 2.45) is 19.8 Å². The maximum atomic E-state index is 15.5. The summed E-state index contributed by atoms with van der Waals surface area (Å²) in [6, 6.07) is 11.9. The fourth-order valence-electron chi connectivity index (χ4n) is 4.24. The van der Waals surface area contributed by atoms with E-state index in [1.807, 2.05) is 0 Å². The highest BCUT2D eigenvalue weighted by molar-refractivity contribution is 6.35. The van der Waals surface area contributed by atoms with Gasteiger partial charge < -0.3 is 16.0 Å². The standard InChI is InChI=1S/C23H18ClFN6O/c1-30-21-15(24)8-7-13(19(21)29-23(30)27)14-10-28-31(2)20(14)18-16(25)9-11-5-3-4-6-12(11)17(18)22(26)32/h3-10H,1-2H3,(H2,26,32)(H2,27,29). The van der Waals surface area contributed by atoms with E-state index in [9.17, 15) is 4.79 Å². The minimum atomic E-state index is -0.730. The number of hydrogen-bond donors (Lipinski definition) is 2. The van der Waals surface area contributed by atoms with Gasteiger partial charge in [0.15, 0.2) is 0 Å². The number of anilines is 1. The summed E-state index contributed by atoms with van der Waals surface area (Å²) in [5, 5.41) is 5.97. The molecule has 0 spiro atoms. The zero-order valence-electron chi connectivity index (χ0n) is 17.2. The molecule has 2 heterocycles. The Morgan fingerprint density at radius 3 is 2.62 bits per heavy atom. The Balaban J connectivity index is 1.90. The lowest BCUT2D eigenvalue weighted by molar-refractivity contribution is 0.100. The summed E-state index contributed by atoms with van der Waals surface area (Å²) in [6.45, 7) is 0. The second-order valence-corrected chi connectivity index (χ2v) is 7.95. The van der Waals surface area contributed by atoms with Gasteiger partial charge in [0.2, 0.25) is 11.9 Å². The molecule has 0 unspecified atom stereocenters. The van der Waals surface area contributed by atoms with Crippen LogP contribution in [0.2, 0.25) is 5.02 Å². The second-order valence-electron chi connectivity index (χ2n) is 7.55. The van der Waals surface area contributed by atoms with Gasteiger partial charge in [0, 0.05) is 30.8 Å². The number of primary amides is 1. The molecule has 0 aliphatic heterocycles. The Labute approximate surface area is 187 Å². The van der Waals surface area contributed by atoms with Crippen molar-refractivity contribution in [3.05, 3.63) is 65.1 Å². The SMILES string of the molecule is Cn1ncc(-c2ccc(Cl)c3c2nc(N)n3C)c1-c1c(F)cc2ccccc2c1C(N)=O. The van der Waals surface area contributed by atoms with E-state index in [1.165, 1.54) is 10.7 Å². The number of nitrogen functional groups attached to an aromatic ring is 1. The predicted molar refractivity (Wildman–Crippen MR) is 124 cm³/mol. The number of nitrogens with two attached hydrogens (primary N) is 2. The molecule has 1 amide bonds. The summed E-state index contributed by atoms with van der Waals surface area (Å²) in [6.07, 6.45) is 1.60. The van der Waals surface area contributed by atoms with Gasteiger partial charge in [-0.05, 0) is 22.9 Å². The minimum Gasteiger partial charge on any atom is -0.369 e. The average molecular weight is 449 g/mol. The maximum Gasteiger partial charge on any atom is 0.250 e. The van der Waals surface area contributed by atoms with E-state index in [4.69, 9.17) is 23.1 Å². The molecule has 0 fully saturated rings. The van der Waals surface area contributed by atoms with Gasteiger partial charge in [-0.2, -0.15) is 5.10 Å². The molecule has 2 aromatic heterocycles. The van der Waals surface area contributed by atoms with Crippen LogP contribution in [0.4, 0.5) is 10.3 Å². The largest absolute Gasteiger partial charge is 0.369 e. The first-order valence-corrected chi connectivity index (χ1v) is 10.1. The molecule has 0 aliphatic carbocycles. The van der Waals surface area contributed by atoms with E-state index in [0.29, 0.717) is 43.6 Å². The summed E-state index contributed by atoms with van der Waals surface area (Å²) in [4.78, 5) is 17.0. The smallest absolute Gasteiger partial charge is 0.250 e. The molecule has 5 aromatic rings. The Morgan fingerprint density at radius 1 is 1.12 bits per heavy atom. The number of aryl methyl sites for hydroxylation is 2. The number of rotatable bonds is 3. The van der Waals surface area contributed by atoms with Gasteiger partial charge in [0.05, 0.1) is 28.0 Å². The number of aromatic nitrogens is 4. The quantitative estimate of drug-likeness (QED) is 0.430. The van der Waals surface area contributed by atoms with Crippen molar-refractivity contribution in [1.29, 1.82) is 0 Å². The molecule has 0 saturated carbocycles. The second kappa shape index (κ2) is 7.06. The van der Waals surface area contributed by atoms with Crippen molar-refractivity contribution < 1.29 is 9.18 Å². The monoisotopic (exact) mass is 448 g/mol. The van der Waals surface area contributed by atoms with Crippen molar-refractivity contribution in [2.45, 2.75) is 0 Å². The molecule has 0 radical (unpaired) electrons. The first kappa shape index (κ1) is 20.0. The Kier molecular flexibility index (Phi) is 4.42. The van der Waals surface area contributed by atoms with Crippen molar-refractivity contribution in [3.63, 3.8) is 0 Å². The van der Waals surface area contributed by atoms with Crippen LogP contribution in [0.3, 0.4) is 0 Å². The van der Waals surface area contributed by atoms with Crippen LogP contribution in [0.25, 0.3) is 44.2 Å². The number of imidazole rings is 1. The van der Waals surface area contributed by atoms with E-state index >= 15 is 4.39 Å². The van der Waals surface area contributed by atoms with Crippen LogP contribution >= 0.6 is 11.6 Å². The summed E-state index contributed by atoms with van der Waals surface area (Å²) in [5.41, 5.74) is 14.8. The molecule has 7 nitrogen and oxygen atoms in total. The molecular weight excluding hydrogens is 431 g/mol. The van der Waals surface area contributed by atoms with Gasteiger partial charge >= 0.3 is 0 Å². The Hall–Kier alpha value is -3.91. The summed E-state index contributed by atoms with van der Waals surface area (Å²) in [7, 11) is 3.44. The van der Waals surface area contributed by atoms with E-state index in [0.717, 1.165) is 0 Å². The van der Waals surface area contributed by atoms with Gasteiger partial charge in [0.25, 0.3) is 0 Å².